The van der Waals surface area contributed by atoms with E-state index in [1.54, 1.807) is 19.9 Å². The number of hydrogen-bond donors (Lipinski definition) is 1. The van der Waals surface area contributed by atoms with Gasteiger partial charge >= 0.3 is 0 Å². The van der Waals surface area contributed by atoms with Crippen molar-refractivity contribution in [2.24, 2.45) is 5.16 Å². The molecule has 6 nitrogen and oxygen atoms in total. The fourth-order valence-corrected chi connectivity index (χ4v) is 5.25. The van der Waals surface area contributed by atoms with Gasteiger partial charge < -0.3 is 14.7 Å². The molecule has 29 heavy (non-hydrogen) atoms. The number of rotatable bonds is 5. The predicted molar refractivity (Wildman–Crippen MR) is 106 cm³/mol. The quantitative estimate of drug-likeness (QED) is 0.451. The molecule has 1 aliphatic heterocycles. The third-order valence-electron chi connectivity index (χ3n) is 5.58. The Hall–Kier alpha value is -2.29. The van der Waals surface area contributed by atoms with Crippen LogP contribution in [0.5, 0.6) is 0 Å². The fraction of sp³-hybridized carbons (Fsp3) is 0.381. The van der Waals surface area contributed by atoms with Crippen LogP contribution in [0.15, 0.2) is 51.3 Å². The number of ether oxygens (including phenoxy) is 2. The highest BCUT2D eigenvalue weighted by molar-refractivity contribution is 7.91. The summed E-state index contributed by atoms with van der Waals surface area (Å²) < 4.78 is 52.1. The third-order valence-corrected chi connectivity index (χ3v) is 7.31. The lowest BCUT2D eigenvalue weighted by Crippen LogP contribution is -2.35. The average molecular weight is 421 g/mol. The van der Waals surface area contributed by atoms with Gasteiger partial charge in [-0.15, -0.1) is 0 Å². The van der Waals surface area contributed by atoms with Gasteiger partial charge in [0.2, 0.25) is 9.84 Å². The van der Waals surface area contributed by atoms with Crippen molar-refractivity contribution in [2.45, 2.75) is 48.7 Å². The molecule has 2 aromatic carbocycles. The summed E-state index contributed by atoms with van der Waals surface area (Å²) in [4.78, 5) is -0.119. The molecule has 1 saturated heterocycles. The molecule has 0 radical (unpaired) electrons. The molecule has 2 aromatic rings. The molecule has 1 aliphatic rings. The SMILES string of the molecule is COC1(c2cc(F)cc(S(=O)(=O)c3ccc(C(C)=NO)c(C)c3)c2)CCOC1C. The molecule has 2 atom stereocenters. The number of oxime groups is 1. The van der Waals surface area contributed by atoms with E-state index in [4.69, 9.17) is 14.7 Å². The second kappa shape index (κ2) is 7.85. The maximum Gasteiger partial charge on any atom is 0.206 e. The van der Waals surface area contributed by atoms with Gasteiger partial charge in [0.25, 0.3) is 0 Å². The lowest BCUT2D eigenvalue weighted by Gasteiger charge is -2.31. The largest absolute Gasteiger partial charge is 0.411 e. The molecule has 1 heterocycles. The van der Waals surface area contributed by atoms with Crippen LogP contribution >= 0.6 is 0 Å². The van der Waals surface area contributed by atoms with Crippen molar-refractivity contribution in [1.29, 1.82) is 0 Å². The van der Waals surface area contributed by atoms with Gasteiger partial charge in [-0.1, -0.05) is 11.2 Å². The van der Waals surface area contributed by atoms with E-state index >= 15 is 0 Å². The van der Waals surface area contributed by atoms with E-state index in [1.807, 2.05) is 6.92 Å². The van der Waals surface area contributed by atoms with E-state index in [1.165, 1.54) is 31.4 Å². The molecule has 0 aliphatic carbocycles. The number of benzene rings is 2. The number of halogens is 1. The number of nitrogens with zero attached hydrogens (tertiary/aromatic N) is 1. The number of aryl methyl sites for hydroxylation is 1. The summed E-state index contributed by atoms with van der Waals surface area (Å²) in [5.41, 5.74) is 1.16. The highest BCUT2D eigenvalue weighted by Crippen LogP contribution is 2.40. The molecule has 0 bridgehead atoms. The first-order valence-corrected chi connectivity index (χ1v) is 10.7. The van der Waals surface area contributed by atoms with Gasteiger partial charge in [-0.2, -0.15) is 0 Å². The third kappa shape index (κ3) is 3.68. The topological polar surface area (TPSA) is 85.2 Å². The summed E-state index contributed by atoms with van der Waals surface area (Å²) in [6, 6.07) is 8.23. The smallest absolute Gasteiger partial charge is 0.206 e. The predicted octanol–water partition coefficient (Wildman–Crippen LogP) is 3.82. The van der Waals surface area contributed by atoms with Crippen LogP contribution in [0.25, 0.3) is 0 Å². The van der Waals surface area contributed by atoms with Crippen LogP contribution < -0.4 is 0 Å². The normalized spacial score (nSPS) is 22.8. The van der Waals surface area contributed by atoms with Gasteiger partial charge in [-0.05, 0) is 62.2 Å². The van der Waals surface area contributed by atoms with Crippen LogP contribution in [0, 0.1) is 12.7 Å². The zero-order chi connectivity index (χ0) is 21.4. The minimum absolute atomic E-state index is 0.0308. The maximum absolute atomic E-state index is 14.5. The lowest BCUT2D eigenvalue weighted by molar-refractivity contribution is -0.0650. The Morgan fingerprint density at radius 1 is 1.28 bits per heavy atom. The minimum atomic E-state index is -3.98. The standard InChI is InChI=1S/C21H24FNO5S/c1-13-9-18(5-6-20(13)14(2)23-24)29(25,26)19-11-16(10-17(22)12-19)21(27-4)7-8-28-15(21)3/h5-6,9-12,15,24H,7-8H2,1-4H3. The molecule has 0 saturated carbocycles. The molecule has 1 fully saturated rings. The average Bonchev–Trinajstić information content (AvgIpc) is 3.08. The van der Waals surface area contributed by atoms with Crippen molar-refractivity contribution in [1.82, 2.24) is 0 Å². The molecule has 0 amide bonds. The van der Waals surface area contributed by atoms with Crippen molar-refractivity contribution in [3.63, 3.8) is 0 Å². The van der Waals surface area contributed by atoms with Crippen molar-refractivity contribution in [2.75, 3.05) is 13.7 Å². The molecule has 8 heteroatoms. The molecule has 3 rings (SSSR count). The van der Waals surface area contributed by atoms with Crippen molar-refractivity contribution in [3.8, 4) is 0 Å². The summed E-state index contributed by atoms with van der Waals surface area (Å²) in [6.07, 6.45) is 0.161. The summed E-state index contributed by atoms with van der Waals surface area (Å²) in [6.45, 7) is 5.60. The van der Waals surface area contributed by atoms with E-state index in [0.29, 0.717) is 35.4 Å². The molecule has 0 aromatic heterocycles. The first kappa shape index (κ1) is 21.4. The monoisotopic (exact) mass is 421 g/mol. The summed E-state index contributed by atoms with van der Waals surface area (Å²) in [7, 11) is -2.47. The van der Waals surface area contributed by atoms with Gasteiger partial charge in [0.1, 0.15) is 11.4 Å². The van der Waals surface area contributed by atoms with Crippen LogP contribution in [0.3, 0.4) is 0 Å². The van der Waals surface area contributed by atoms with Crippen LogP contribution in [0.1, 0.15) is 37.0 Å². The van der Waals surface area contributed by atoms with Crippen LogP contribution in [-0.4, -0.2) is 39.2 Å². The zero-order valence-corrected chi connectivity index (χ0v) is 17.6. The van der Waals surface area contributed by atoms with Gasteiger partial charge in [0.05, 0.1) is 28.2 Å². The summed E-state index contributed by atoms with van der Waals surface area (Å²) in [5.74, 6) is -0.659. The highest BCUT2D eigenvalue weighted by Gasteiger charge is 2.44. The van der Waals surface area contributed by atoms with Crippen LogP contribution in [0.2, 0.25) is 0 Å². The second-order valence-electron chi connectivity index (χ2n) is 7.20. The van der Waals surface area contributed by atoms with E-state index in [-0.39, 0.29) is 15.9 Å². The van der Waals surface area contributed by atoms with Gasteiger partial charge in [0, 0.05) is 19.1 Å². The van der Waals surface area contributed by atoms with Gasteiger partial charge in [-0.25, -0.2) is 12.8 Å². The second-order valence-corrected chi connectivity index (χ2v) is 9.15. The lowest BCUT2D eigenvalue weighted by atomic mass is 9.87. The van der Waals surface area contributed by atoms with Gasteiger partial charge in [-0.3, -0.25) is 0 Å². The Bertz CT molecular complexity index is 1070. The Balaban J connectivity index is 2.11. The Labute approximate surface area is 169 Å². The van der Waals surface area contributed by atoms with E-state index in [0.717, 1.165) is 6.07 Å². The van der Waals surface area contributed by atoms with Crippen molar-refractivity contribution >= 4 is 15.5 Å². The van der Waals surface area contributed by atoms with E-state index < -0.39 is 21.3 Å². The zero-order valence-electron chi connectivity index (χ0n) is 16.8. The summed E-state index contributed by atoms with van der Waals surface area (Å²) >= 11 is 0. The van der Waals surface area contributed by atoms with Gasteiger partial charge in [0.15, 0.2) is 0 Å². The number of sulfone groups is 1. The van der Waals surface area contributed by atoms with Crippen molar-refractivity contribution in [3.05, 3.63) is 58.9 Å². The van der Waals surface area contributed by atoms with Crippen LogP contribution in [-0.2, 0) is 24.9 Å². The number of methoxy groups -OCH3 is 1. The fourth-order valence-electron chi connectivity index (χ4n) is 3.85. The number of hydrogen-bond acceptors (Lipinski definition) is 6. The molecule has 2 unspecified atom stereocenters. The first-order valence-electron chi connectivity index (χ1n) is 9.18. The van der Waals surface area contributed by atoms with E-state index in [2.05, 4.69) is 5.16 Å². The molecule has 0 spiro atoms. The Morgan fingerprint density at radius 3 is 2.55 bits per heavy atom. The molecular weight excluding hydrogens is 397 g/mol. The summed E-state index contributed by atoms with van der Waals surface area (Å²) in [5, 5.41) is 12.1. The first-order chi connectivity index (χ1) is 13.7. The minimum Gasteiger partial charge on any atom is -0.411 e. The molecular formula is C21H24FNO5S. The molecule has 156 valence electrons. The van der Waals surface area contributed by atoms with E-state index in [9.17, 15) is 12.8 Å². The Kier molecular flexibility index (Phi) is 5.80. The maximum atomic E-state index is 14.5. The Morgan fingerprint density at radius 2 is 2.00 bits per heavy atom. The highest BCUT2D eigenvalue weighted by atomic mass is 32.2. The van der Waals surface area contributed by atoms with Crippen molar-refractivity contribution < 1.29 is 27.5 Å². The van der Waals surface area contributed by atoms with Crippen LogP contribution in [0.4, 0.5) is 4.39 Å². The molecule has 1 N–H and O–H groups in total.